The number of rotatable bonds is 8. The number of hydrogen-bond donors (Lipinski definition) is 3. The third kappa shape index (κ3) is 7.16. The van der Waals surface area contributed by atoms with Gasteiger partial charge in [-0.05, 0) is 31.9 Å². The molecular weight excluding hydrogens is 372 g/mol. The molecule has 9 nitrogen and oxygen atoms in total. The van der Waals surface area contributed by atoms with E-state index in [0.717, 1.165) is 12.7 Å². The second-order valence-corrected chi connectivity index (χ2v) is 6.39. The third-order valence-corrected chi connectivity index (χ3v) is 4.19. The van der Waals surface area contributed by atoms with Crippen molar-refractivity contribution in [3.63, 3.8) is 0 Å². The van der Waals surface area contributed by atoms with Crippen LogP contribution in [0.4, 0.5) is 5.69 Å². The van der Waals surface area contributed by atoms with Gasteiger partial charge in [0.2, 0.25) is 0 Å². The molecule has 0 radical (unpaired) electrons. The number of guanidine groups is 1. The van der Waals surface area contributed by atoms with E-state index in [4.69, 9.17) is 11.5 Å². The standard InChI is InChI=1S/C14H22N4O5S.ClH/c1-10-5-7-11(8-6-10)18(24(20,21)22)12(13(19)23-2)4-3-9-17-14(15)16;/h5-8,12H,3-4,9H2,1-2H3,(H4,15,16,17)(H,20,21,22);1H/t12-;/m0./s1. The van der Waals surface area contributed by atoms with Crippen molar-refractivity contribution in [1.82, 2.24) is 0 Å². The van der Waals surface area contributed by atoms with Crippen molar-refractivity contribution in [2.75, 3.05) is 18.0 Å². The van der Waals surface area contributed by atoms with Crippen LogP contribution in [0.3, 0.4) is 0 Å². The van der Waals surface area contributed by atoms with E-state index in [2.05, 4.69) is 9.73 Å². The number of nitrogens with two attached hydrogens (primary N) is 2. The molecule has 0 saturated carbocycles. The maximum Gasteiger partial charge on any atom is 0.360 e. The van der Waals surface area contributed by atoms with Crippen molar-refractivity contribution in [2.45, 2.75) is 25.8 Å². The van der Waals surface area contributed by atoms with Crippen molar-refractivity contribution in [1.29, 1.82) is 0 Å². The highest BCUT2D eigenvalue weighted by Gasteiger charge is 2.34. The van der Waals surface area contributed by atoms with E-state index in [1.165, 1.54) is 12.1 Å². The molecule has 5 N–H and O–H groups in total. The highest BCUT2D eigenvalue weighted by molar-refractivity contribution is 7.87. The van der Waals surface area contributed by atoms with E-state index in [1.54, 1.807) is 12.1 Å². The van der Waals surface area contributed by atoms with Crippen LogP contribution in [-0.4, -0.2) is 44.6 Å². The van der Waals surface area contributed by atoms with Crippen molar-refractivity contribution >= 4 is 40.3 Å². The summed E-state index contributed by atoms with van der Waals surface area (Å²) in [5.41, 5.74) is 11.5. The van der Waals surface area contributed by atoms with Gasteiger partial charge in [-0.2, -0.15) is 8.42 Å². The van der Waals surface area contributed by atoms with E-state index in [1.807, 2.05) is 6.92 Å². The lowest BCUT2D eigenvalue weighted by Crippen LogP contribution is -2.45. The molecule has 0 amide bonds. The van der Waals surface area contributed by atoms with Crippen LogP contribution in [0.25, 0.3) is 0 Å². The number of aliphatic imine (C=N–C) groups is 1. The van der Waals surface area contributed by atoms with E-state index < -0.39 is 22.3 Å². The minimum atomic E-state index is -4.69. The van der Waals surface area contributed by atoms with Crippen LogP contribution in [0, 0.1) is 6.92 Å². The Balaban J connectivity index is 0.00000576. The molecule has 25 heavy (non-hydrogen) atoms. The molecule has 0 aromatic heterocycles. The van der Waals surface area contributed by atoms with Gasteiger partial charge in [0.25, 0.3) is 0 Å². The molecule has 1 atom stereocenters. The van der Waals surface area contributed by atoms with E-state index >= 15 is 0 Å². The number of ether oxygens (including phenoxy) is 1. The molecular formula is C14H23ClN4O5S. The van der Waals surface area contributed by atoms with Gasteiger partial charge < -0.3 is 16.2 Å². The van der Waals surface area contributed by atoms with Gasteiger partial charge in [-0.25, -0.2) is 9.10 Å². The first kappa shape index (κ1) is 23.0. The first-order chi connectivity index (χ1) is 11.2. The molecule has 11 heteroatoms. The number of nitrogens with zero attached hydrogens (tertiary/aromatic N) is 2. The number of anilines is 1. The van der Waals surface area contributed by atoms with E-state index in [9.17, 15) is 17.8 Å². The predicted molar refractivity (Wildman–Crippen MR) is 98.2 cm³/mol. The van der Waals surface area contributed by atoms with Gasteiger partial charge in [0, 0.05) is 6.54 Å². The van der Waals surface area contributed by atoms with Crippen molar-refractivity contribution in [3.05, 3.63) is 29.8 Å². The molecule has 1 rings (SSSR count). The molecule has 0 fully saturated rings. The molecule has 0 aliphatic heterocycles. The summed E-state index contributed by atoms with van der Waals surface area (Å²) in [6.07, 6.45) is 0.382. The number of hydrogen-bond acceptors (Lipinski definition) is 5. The van der Waals surface area contributed by atoms with Gasteiger partial charge in [0.1, 0.15) is 6.04 Å². The smallest absolute Gasteiger partial charge is 0.360 e. The maximum absolute atomic E-state index is 12.0. The van der Waals surface area contributed by atoms with Gasteiger partial charge in [-0.1, -0.05) is 17.7 Å². The predicted octanol–water partition coefficient (Wildman–Crippen LogP) is 0.621. The Morgan fingerprint density at radius 1 is 1.32 bits per heavy atom. The molecule has 0 aliphatic rings. The summed E-state index contributed by atoms with van der Waals surface area (Å²) >= 11 is 0. The second-order valence-electron chi connectivity index (χ2n) is 5.10. The fourth-order valence-electron chi connectivity index (χ4n) is 2.13. The Kier molecular flexibility index (Phi) is 9.24. The van der Waals surface area contributed by atoms with Crippen LogP contribution in [0.5, 0.6) is 0 Å². The molecule has 142 valence electrons. The van der Waals surface area contributed by atoms with Crippen LogP contribution in [0.15, 0.2) is 29.3 Å². The summed E-state index contributed by atoms with van der Waals surface area (Å²) < 4.78 is 38.5. The van der Waals surface area contributed by atoms with Crippen LogP contribution in [0.2, 0.25) is 0 Å². The topological polar surface area (TPSA) is 148 Å². The summed E-state index contributed by atoms with van der Waals surface area (Å²) in [7, 11) is -3.55. The number of carbonyl (C=O) groups is 1. The highest BCUT2D eigenvalue weighted by atomic mass is 35.5. The number of aryl methyl sites for hydroxylation is 1. The van der Waals surface area contributed by atoms with Gasteiger partial charge in [-0.15, -0.1) is 12.4 Å². The Bertz CT molecular complexity index is 690. The molecule has 1 aromatic carbocycles. The van der Waals surface area contributed by atoms with E-state index in [0.29, 0.717) is 10.7 Å². The molecule has 0 bridgehead atoms. The number of carbonyl (C=O) groups excluding carboxylic acids is 1. The average Bonchev–Trinajstić information content (AvgIpc) is 2.49. The molecule has 1 aromatic rings. The minimum absolute atomic E-state index is 0. The monoisotopic (exact) mass is 394 g/mol. The van der Waals surface area contributed by atoms with Crippen molar-refractivity contribution in [3.8, 4) is 0 Å². The minimum Gasteiger partial charge on any atom is -0.467 e. The Hall–Kier alpha value is -2.04. The summed E-state index contributed by atoms with van der Waals surface area (Å²) in [5.74, 6) is -0.896. The Morgan fingerprint density at radius 3 is 2.32 bits per heavy atom. The zero-order chi connectivity index (χ0) is 18.3. The van der Waals surface area contributed by atoms with Crippen molar-refractivity contribution in [2.24, 2.45) is 16.5 Å². The molecule has 0 saturated heterocycles. The lowest BCUT2D eigenvalue weighted by Gasteiger charge is -2.28. The second kappa shape index (κ2) is 10.1. The van der Waals surface area contributed by atoms with Gasteiger partial charge in [0.05, 0.1) is 12.8 Å². The van der Waals surface area contributed by atoms with Crippen molar-refractivity contribution < 1.29 is 22.5 Å². The molecule has 0 aliphatic carbocycles. The summed E-state index contributed by atoms with van der Waals surface area (Å²) in [6, 6.07) is 5.09. The fraction of sp³-hybridized carbons (Fsp3) is 0.429. The lowest BCUT2D eigenvalue weighted by atomic mass is 10.1. The van der Waals surface area contributed by atoms with Crippen LogP contribution < -0.4 is 15.8 Å². The maximum atomic E-state index is 12.0. The number of halogens is 1. The van der Waals surface area contributed by atoms with Gasteiger partial charge >= 0.3 is 16.3 Å². The Labute approximate surface area is 153 Å². The number of esters is 1. The normalized spacial score (nSPS) is 11.8. The first-order valence-electron chi connectivity index (χ1n) is 7.13. The Morgan fingerprint density at radius 2 is 1.88 bits per heavy atom. The zero-order valence-corrected chi connectivity index (χ0v) is 15.6. The van der Waals surface area contributed by atoms with Crippen LogP contribution in [0.1, 0.15) is 18.4 Å². The zero-order valence-electron chi connectivity index (χ0n) is 14.0. The highest BCUT2D eigenvalue weighted by Crippen LogP contribution is 2.24. The van der Waals surface area contributed by atoms with Crippen LogP contribution in [-0.2, 0) is 19.8 Å². The third-order valence-electron chi connectivity index (χ3n) is 3.22. The van der Waals surface area contributed by atoms with Gasteiger partial charge in [0.15, 0.2) is 5.96 Å². The average molecular weight is 395 g/mol. The summed E-state index contributed by atoms with van der Waals surface area (Å²) in [4.78, 5) is 15.8. The summed E-state index contributed by atoms with van der Waals surface area (Å²) in [6.45, 7) is 2.04. The quantitative estimate of drug-likeness (QED) is 0.192. The molecule has 0 heterocycles. The van der Waals surface area contributed by atoms with E-state index in [-0.39, 0.29) is 37.0 Å². The number of methoxy groups -OCH3 is 1. The lowest BCUT2D eigenvalue weighted by molar-refractivity contribution is -0.142. The summed E-state index contributed by atoms with van der Waals surface area (Å²) in [5, 5.41) is 0. The number of benzene rings is 1. The largest absolute Gasteiger partial charge is 0.467 e. The molecule has 0 unspecified atom stereocenters. The first-order valence-corrected chi connectivity index (χ1v) is 8.53. The molecule has 0 spiro atoms. The van der Waals surface area contributed by atoms with Gasteiger partial charge in [-0.3, -0.25) is 9.55 Å². The fourth-order valence-corrected chi connectivity index (χ4v) is 3.03. The van der Waals surface area contributed by atoms with Crippen LogP contribution >= 0.6 is 12.4 Å². The SMILES string of the molecule is COC(=O)[C@H](CCCN=C(N)N)N(c1ccc(C)cc1)S(=O)(=O)O.Cl.